The second-order valence-electron chi connectivity index (χ2n) is 7.14. The molecule has 2 aromatic heterocycles. The number of amides is 1. The van der Waals surface area contributed by atoms with Gasteiger partial charge >= 0.3 is 0 Å². The summed E-state index contributed by atoms with van der Waals surface area (Å²) in [7, 11) is 0. The zero-order valence-corrected chi connectivity index (χ0v) is 18.6. The van der Waals surface area contributed by atoms with Crippen molar-refractivity contribution < 1.29 is 9.53 Å². The Bertz CT molecular complexity index is 1390. The predicted octanol–water partition coefficient (Wildman–Crippen LogP) is 5.74. The molecule has 2 N–H and O–H groups in total. The Hall–Kier alpha value is -3.60. The molecule has 0 fully saturated rings. The third-order valence-corrected chi connectivity index (χ3v) is 6.68. The van der Waals surface area contributed by atoms with E-state index in [-0.39, 0.29) is 11.8 Å². The first-order valence-corrected chi connectivity index (χ1v) is 11.2. The van der Waals surface area contributed by atoms with Crippen molar-refractivity contribution in [2.75, 3.05) is 11.9 Å². The van der Waals surface area contributed by atoms with Gasteiger partial charge in [0, 0.05) is 21.5 Å². The summed E-state index contributed by atoms with van der Waals surface area (Å²) >= 11 is 7.66. The highest BCUT2D eigenvalue weighted by Crippen LogP contribution is 2.47. The largest absolute Gasteiger partial charge is 0.477 e. The molecule has 6 nitrogen and oxygen atoms in total. The summed E-state index contributed by atoms with van der Waals surface area (Å²) in [6.07, 6.45) is -0.512. The minimum Gasteiger partial charge on any atom is -0.477 e. The number of pyridine rings is 1. The Morgan fingerprint density at radius 2 is 1.91 bits per heavy atom. The molecule has 0 saturated carbocycles. The number of ether oxygens (including phenoxy) is 1. The van der Waals surface area contributed by atoms with Gasteiger partial charge in [0.2, 0.25) is 5.88 Å². The molecule has 1 aliphatic heterocycles. The van der Waals surface area contributed by atoms with Crippen molar-refractivity contribution in [2.24, 2.45) is 0 Å². The van der Waals surface area contributed by atoms with E-state index in [9.17, 15) is 10.1 Å². The highest BCUT2D eigenvalue weighted by molar-refractivity contribution is 7.21. The van der Waals surface area contributed by atoms with Gasteiger partial charge in [0.05, 0.1) is 12.3 Å². The van der Waals surface area contributed by atoms with Gasteiger partial charge in [-0.1, -0.05) is 60.1 Å². The van der Waals surface area contributed by atoms with Gasteiger partial charge < -0.3 is 15.4 Å². The molecule has 0 radical (unpaired) electrons. The van der Waals surface area contributed by atoms with Gasteiger partial charge in [-0.25, -0.2) is 4.98 Å². The molecule has 1 amide bonds. The maximum absolute atomic E-state index is 13.1. The average Bonchev–Trinajstić information content (AvgIpc) is 3.18. The molecule has 0 saturated heterocycles. The first kappa shape index (κ1) is 20.3. The molecular formula is C24H17ClN4O2S. The van der Waals surface area contributed by atoms with Crippen molar-refractivity contribution in [3.05, 3.63) is 75.6 Å². The van der Waals surface area contributed by atoms with Crippen LogP contribution in [0.2, 0.25) is 5.02 Å². The number of carbonyl (C=O) groups is 1. The molecule has 5 rings (SSSR count). The first-order valence-electron chi connectivity index (χ1n) is 10.0. The topological polar surface area (TPSA) is 87.0 Å². The summed E-state index contributed by atoms with van der Waals surface area (Å²) in [4.78, 5) is 18.8. The van der Waals surface area contributed by atoms with Crippen molar-refractivity contribution in [1.82, 2.24) is 10.3 Å². The average molecular weight is 461 g/mol. The van der Waals surface area contributed by atoms with E-state index < -0.39 is 6.17 Å². The molecule has 1 unspecified atom stereocenters. The number of carbonyl (C=O) groups excluding carboxylic acids is 1. The van der Waals surface area contributed by atoms with Crippen LogP contribution >= 0.6 is 22.9 Å². The second-order valence-corrected chi connectivity index (χ2v) is 8.54. The van der Waals surface area contributed by atoms with Crippen LogP contribution in [0.1, 0.15) is 33.9 Å². The smallest absolute Gasteiger partial charge is 0.265 e. The van der Waals surface area contributed by atoms with Crippen molar-refractivity contribution in [1.29, 1.82) is 5.26 Å². The second kappa shape index (κ2) is 8.15. The lowest BCUT2D eigenvalue weighted by atomic mass is 9.97. The number of benzene rings is 2. The molecule has 4 aromatic rings. The SMILES string of the molecule is CCOc1nc2sc3c(c2c(-c2ccccc2)c1C#N)NC(c1ccccc1Cl)NC3=O. The fraction of sp³-hybridized carbons (Fsp3) is 0.125. The summed E-state index contributed by atoms with van der Waals surface area (Å²) in [5.41, 5.74) is 3.28. The molecule has 0 spiro atoms. The number of nitrogens with zero attached hydrogens (tertiary/aromatic N) is 2. The van der Waals surface area contributed by atoms with E-state index in [0.717, 1.165) is 16.5 Å². The molecule has 158 valence electrons. The van der Waals surface area contributed by atoms with Gasteiger partial charge in [-0.15, -0.1) is 11.3 Å². The Morgan fingerprint density at radius 1 is 1.16 bits per heavy atom. The molecule has 8 heteroatoms. The van der Waals surface area contributed by atoms with Crippen LogP contribution in [0.3, 0.4) is 0 Å². The number of aromatic nitrogens is 1. The number of nitrogens with one attached hydrogen (secondary N) is 2. The fourth-order valence-corrected chi connectivity index (χ4v) is 5.18. The van der Waals surface area contributed by atoms with Crippen molar-refractivity contribution in [3.63, 3.8) is 0 Å². The minimum absolute atomic E-state index is 0.220. The highest BCUT2D eigenvalue weighted by Gasteiger charge is 2.33. The zero-order chi connectivity index (χ0) is 22.2. The third-order valence-electron chi connectivity index (χ3n) is 5.25. The Labute approximate surface area is 193 Å². The van der Waals surface area contributed by atoms with Crippen LogP contribution in [-0.4, -0.2) is 17.5 Å². The van der Waals surface area contributed by atoms with E-state index in [1.165, 1.54) is 11.3 Å². The predicted molar refractivity (Wildman–Crippen MR) is 126 cm³/mol. The molecule has 0 aliphatic carbocycles. The van der Waals surface area contributed by atoms with Crippen LogP contribution < -0.4 is 15.4 Å². The molecule has 0 bridgehead atoms. The number of anilines is 1. The van der Waals surface area contributed by atoms with E-state index in [0.29, 0.717) is 38.2 Å². The zero-order valence-electron chi connectivity index (χ0n) is 17.0. The van der Waals surface area contributed by atoms with E-state index >= 15 is 0 Å². The lowest BCUT2D eigenvalue weighted by Gasteiger charge is -2.27. The summed E-state index contributed by atoms with van der Waals surface area (Å²) in [5.74, 6) is 0.0464. The monoisotopic (exact) mass is 460 g/mol. The summed E-state index contributed by atoms with van der Waals surface area (Å²) in [5, 5.41) is 17.7. The number of hydrogen-bond donors (Lipinski definition) is 2. The molecule has 2 aromatic carbocycles. The van der Waals surface area contributed by atoms with Crippen molar-refractivity contribution in [3.8, 4) is 23.1 Å². The molecule has 1 atom stereocenters. The van der Waals surface area contributed by atoms with Crippen LogP contribution in [0, 0.1) is 11.3 Å². The standard InChI is InChI=1S/C24H17ClN4O2S/c1-2-31-23-15(12-26)17(13-8-4-3-5-9-13)18-19-20(32-24(18)29-23)22(30)28-21(27-19)14-10-6-7-11-16(14)25/h3-11,21,27H,2H2,1H3,(H,28,30). The summed E-state index contributed by atoms with van der Waals surface area (Å²) in [6, 6.07) is 19.2. The lowest BCUT2D eigenvalue weighted by Crippen LogP contribution is -2.37. The maximum atomic E-state index is 13.1. The van der Waals surface area contributed by atoms with E-state index in [1.807, 2.05) is 55.5 Å². The van der Waals surface area contributed by atoms with Gasteiger partial charge in [-0.05, 0) is 18.6 Å². The summed E-state index contributed by atoms with van der Waals surface area (Å²) < 4.78 is 5.70. The number of halogens is 1. The minimum atomic E-state index is -0.512. The van der Waals surface area contributed by atoms with Crippen molar-refractivity contribution >= 4 is 44.7 Å². The van der Waals surface area contributed by atoms with E-state index in [1.54, 1.807) is 6.07 Å². The lowest BCUT2D eigenvalue weighted by molar-refractivity contribution is 0.0940. The van der Waals surface area contributed by atoms with Gasteiger partial charge in [0.25, 0.3) is 5.91 Å². The number of fused-ring (bicyclic) bond motifs is 3. The van der Waals surface area contributed by atoms with Gasteiger partial charge in [-0.3, -0.25) is 4.79 Å². The van der Waals surface area contributed by atoms with Gasteiger partial charge in [-0.2, -0.15) is 5.26 Å². The van der Waals surface area contributed by atoms with Crippen LogP contribution in [0.4, 0.5) is 5.69 Å². The maximum Gasteiger partial charge on any atom is 0.265 e. The third kappa shape index (κ3) is 3.25. The molecule has 1 aliphatic rings. The highest BCUT2D eigenvalue weighted by atomic mass is 35.5. The number of nitriles is 1. The van der Waals surface area contributed by atoms with E-state index in [4.69, 9.17) is 16.3 Å². The normalized spacial score (nSPS) is 14.9. The number of hydrogen-bond acceptors (Lipinski definition) is 6. The van der Waals surface area contributed by atoms with Crippen LogP contribution in [-0.2, 0) is 0 Å². The Morgan fingerprint density at radius 3 is 2.62 bits per heavy atom. The van der Waals surface area contributed by atoms with Gasteiger partial charge in [0.15, 0.2) is 0 Å². The van der Waals surface area contributed by atoms with Crippen LogP contribution in [0.25, 0.3) is 21.3 Å². The molecular weight excluding hydrogens is 444 g/mol. The van der Waals surface area contributed by atoms with Crippen molar-refractivity contribution in [2.45, 2.75) is 13.1 Å². The Balaban J connectivity index is 1.79. The Kier molecular flexibility index (Phi) is 5.17. The molecule has 32 heavy (non-hydrogen) atoms. The summed E-state index contributed by atoms with van der Waals surface area (Å²) in [6.45, 7) is 2.22. The van der Waals surface area contributed by atoms with Gasteiger partial charge in [0.1, 0.15) is 27.5 Å². The molecule has 3 heterocycles. The number of thiophene rings is 1. The number of rotatable bonds is 4. The fourth-order valence-electron chi connectivity index (χ4n) is 3.89. The first-order chi connectivity index (χ1) is 15.6. The quantitative estimate of drug-likeness (QED) is 0.405. The van der Waals surface area contributed by atoms with E-state index in [2.05, 4.69) is 21.7 Å². The van der Waals surface area contributed by atoms with Crippen LogP contribution in [0.5, 0.6) is 5.88 Å². The van der Waals surface area contributed by atoms with Crippen LogP contribution in [0.15, 0.2) is 54.6 Å².